The number of fused-ring (bicyclic) bond motifs is 4. The molecule has 0 radical (unpaired) electrons. The quantitative estimate of drug-likeness (QED) is 0.146. The molecule has 1 aromatic heterocycles. The second-order valence-electron chi connectivity index (χ2n) is 13.4. The van der Waals surface area contributed by atoms with E-state index >= 15 is 0 Å². The Hall–Kier alpha value is -4.10. The maximum absolute atomic E-state index is 13.8. The Kier molecular flexibility index (Phi) is 11.5. The van der Waals surface area contributed by atoms with Crippen molar-refractivity contribution >= 4 is 46.5 Å². The summed E-state index contributed by atoms with van der Waals surface area (Å²) in [6.07, 6.45) is 6.11. The van der Waals surface area contributed by atoms with E-state index in [9.17, 15) is 14.4 Å². The van der Waals surface area contributed by atoms with E-state index in [1.807, 2.05) is 43.9 Å². The molecule has 3 aromatic rings. The van der Waals surface area contributed by atoms with Gasteiger partial charge >= 0.3 is 5.97 Å². The zero-order valence-electron chi connectivity index (χ0n) is 28.1. The second kappa shape index (κ2) is 15.6. The number of rotatable bonds is 6. The number of amides is 1. The van der Waals surface area contributed by atoms with Crippen LogP contribution in [-0.2, 0) is 14.3 Å². The van der Waals surface area contributed by atoms with Crippen LogP contribution in [0.5, 0.6) is 0 Å². The number of nitrogens with one attached hydrogen (secondary N) is 1. The number of nitrogens with zero attached hydrogens (tertiary/aromatic N) is 5. The zero-order chi connectivity index (χ0) is 35.3. The summed E-state index contributed by atoms with van der Waals surface area (Å²) < 4.78 is 7.20. The molecule has 5 rings (SSSR count). The van der Waals surface area contributed by atoms with Crippen LogP contribution in [0.3, 0.4) is 0 Å². The number of benzene rings is 2. The Bertz CT molecular complexity index is 1750. The normalized spacial score (nSPS) is 19.5. The first-order valence-electron chi connectivity index (χ1n) is 16.4. The van der Waals surface area contributed by atoms with Crippen molar-refractivity contribution in [1.82, 2.24) is 19.8 Å². The minimum atomic E-state index is -0.586. The van der Waals surface area contributed by atoms with Crippen LogP contribution in [0.25, 0.3) is 11.3 Å². The molecule has 5 N–H and O–H groups in total. The predicted octanol–water partition coefficient (Wildman–Crippen LogP) is 4.35. The van der Waals surface area contributed by atoms with Gasteiger partial charge in [-0.1, -0.05) is 48.2 Å². The van der Waals surface area contributed by atoms with E-state index in [2.05, 4.69) is 16.3 Å². The maximum Gasteiger partial charge on any atom is 0.320 e. The van der Waals surface area contributed by atoms with Gasteiger partial charge in [-0.25, -0.2) is 10.8 Å². The lowest BCUT2D eigenvalue weighted by Gasteiger charge is -2.42. The van der Waals surface area contributed by atoms with Crippen LogP contribution in [0.1, 0.15) is 58.1 Å². The lowest BCUT2D eigenvalue weighted by molar-refractivity contribution is -0.156. The van der Waals surface area contributed by atoms with Crippen molar-refractivity contribution in [2.24, 2.45) is 11.6 Å². The van der Waals surface area contributed by atoms with Crippen LogP contribution >= 0.6 is 23.2 Å². The van der Waals surface area contributed by atoms with Crippen LogP contribution in [0, 0.1) is 0 Å². The van der Waals surface area contributed by atoms with Crippen molar-refractivity contribution in [2.45, 2.75) is 64.1 Å². The van der Waals surface area contributed by atoms with Crippen LogP contribution in [-0.4, -0.2) is 70.7 Å². The monoisotopic (exact) mass is 710 g/mol. The molecule has 1 amide bonds. The third-order valence-corrected chi connectivity index (χ3v) is 8.86. The van der Waals surface area contributed by atoms with Crippen LogP contribution in [0.4, 0.5) is 11.4 Å². The fraction of sp³-hybridized carbons (Fsp3) is 0.429. The fourth-order valence-corrected chi connectivity index (χ4v) is 6.63. The molecule has 1 fully saturated rings. The van der Waals surface area contributed by atoms with E-state index in [1.165, 1.54) is 17.3 Å². The molecule has 12 nitrogen and oxygen atoms in total. The van der Waals surface area contributed by atoms with Crippen molar-refractivity contribution in [2.75, 3.05) is 42.6 Å². The number of ether oxygens (including phenoxy) is 1. The first-order chi connectivity index (χ1) is 23.3. The lowest BCUT2D eigenvalue weighted by Crippen LogP contribution is -2.60. The summed E-state index contributed by atoms with van der Waals surface area (Å²) in [6, 6.07) is 13.7. The largest absolute Gasteiger partial charge is 0.459 e. The van der Waals surface area contributed by atoms with Gasteiger partial charge < -0.3 is 20.7 Å². The summed E-state index contributed by atoms with van der Waals surface area (Å²) in [6.45, 7) is 7.67. The number of nitrogens with two attached hydrogens (primary N) is 2. The van der Waals surface area contributed by atoms with E-state index in [0.29, 0.717) is 54.6 Å². The Labute approximate surface area is 296 Å². The van der Waals surface area contributed by atoms with Gasteiger partial charge in [0.2, 0.25) is 5.91 Å². The molecule has 2 atom stereocenters. The topological polar surface area (TPSA) is 152 Å². The zero-order valence-corrected chi connectivity index (χ0v) is 29.6. The first-order valence-corrected chi connectivity index (χ1v) is 17.2. The third-order valence-electron chi connectivity index (χ3n) is 8.53. The van der Waals surface area contributed by atoms with Crippen LogP contribution in [0.15, 0.2) is 71.0 Å². The van der Waals surface area contributed by atoms with E-state index in [-0.39, 0.29) is 35.2 Å². The van der Waals surface area contributed by atoms with Crippen molar-refractivity contribution in [3.05, 3.63) is 87.2 Å². The fourth-order valence-electron chi connectivity index (χ4n) is 6.35. The summed E-state index contributed by atoms with van der Waals surface area (Å²) in [4.78, 5) is 48.8. The van der Waals surface area contributed by atoms with Gasteiger partial charge in [-0.05, 0) is 69.5 Å². The number of hydrazine groups is 1. The summed E-state index contributed by atoms with van der Waals surface area (Å²) in [7, 11) is 0. The molecule has 2 aliphatic rings. The summed E-state index contributed by atoms with van der Waals surface area (Å²) in [5.74, 6) is 5.80. The average molecular weight is 712 g/mol. The first kappa shape index (κ1) is 36.2. The molecule has 0 aliphatic carbocycles. The average Bonchev–Trinajstić information content (AvgIpc) is 3.03. The number of aromatic nitrogens is 2. The smallest absolute Gasteiger partial charge is 0.320 e. The molecule has 1 saturated heterocycles. The highest BCUT2D eigenvalue weighted by Crippen LogP contribution is 2.33. The van der Waals surface area contributed by atoms with Gasteiger partial charge in [0, 0.05) is 48.5 Å². The molecule has 2 bridgehead atoms. The van der Waals surface area contributed by atoms with Gasteiger partial charge in [-0.15, -0.1) is 0 Å². The predicted molar refractivity (Wildman–Crippen MR) is 193 cm³/mol. The molecule has 0 saturated carbocycles. The molecular weight excluding hydrogens is 667 g/mol. The number of halogens is 2. The number of hydrogen-bond acceptors (Lipinski definition) is 10. The molecule has 3 heterocycles. The second-order valence-corrected chi connectivity index (χ2v) is 14.3. The number of hydrogen-bond donors (Lipinski definition) is 3. The number of anilines is 2. The highest BCUT2D eigenvalue weighted by molar-refractivity contribution is 6.31. The Morgan fingerprint density at radius 3 is 2.63 bits per heavy atom. The van der Waals surface area contributed by atoms with Gasteiger partial charge in [0.1, 0.15) is 16.8 Å². The van der Waals surface area contributed by atoms with Gasteiger partial charge in [0.15, 0.2) is 0 Å². The van der Waals surface area contributed by atoms with Gasteiger partial charge in [0.25, 0.3) is 5.56 Å². The van der Waals surface area contributed by atoms with Crippen molar-refractivity contribution in [3.8, 4) is 11.3 Å². The molecule has 0 spiro atoms. The molecule has 2 aliphatic heterocycles. The summed E-state index contributed by atoms with van der Waals surface area (Å²) in [5, 5.41) is 4.81. The summed E-state index contributed by atoms with van der Waals surface area (Å²) in [5.41, 5.74) is 8.05. The molecule has 49 heavy (non-hydrogen) atoms. The number of esters is 1. The highest BCUT2D eigenvalue weighted by Gasteiger charge is 2.34. The Morgan fingerprint density at radius 2 is 1.90 bits per heavy atom. The van der Waals surface area contributed by atoms with E-state index in [0.717, 1.165) is 30.5 Å². The van der Waals surface area contributed by atoms with Crippen LogP contribution in [0.2, 0.25) is 5.02 Å². The van der Waals surface area contributed by atoms with Crippen molar-refractivity contribution in [3.63, 3.8) is 0 Å². The standard InChI is InChI=1S/C35H44Cl2N8O4/c1-35(2,3)49-33(47)21-42-14-15-43-25-9-7-8-23(16-25)28(10-5-4-6-13-40-34(48)30(43)19-42)44-22-41-27(18-32(44)46)26-17-24(36)11-12-29(26)45(39)20-31(37)38/h7-9,11-12,16-18,20,22,28,30H,4-6,10,13-15,19,21,38-39H2,1-3H3,(H,40,48)/b31-20-. The molecule has 2 unspecified atom stereocenters. The highest BCUT2D eigenvalue weighted by atomic mass is 35.5. The number of carbonyl (C=O) groups excluding carboxylic acids is 2. The maximum atomic E-state index is 13.8. The lowest BCUT2D eigenvalue weighted by atomic mass is 9.98. The van der Waals surface area contributed by atoms with Crippen LogP contribution < -0.4 is 32.4 Å². The van der Waals surface area contributed by atoms with Gasteiger partial charge in [0.05, 0.1) is 36.5 Å². The molecule has 2 aromatic carbocycles. The van der Waals surface area contributed by atoms with Gasteiger partial charge in [-0.2, -0.15) is 0 Å². The minimum Gasteiger partial charge on any atom is -0.459 e. The van der Waals surface area contributed by atoms with Crippen molar-refractivity contribution in [1.29, 1.82) is 0 Å². The molecule has 14 heteroatoms. The third kappa shape index (κ3) is 9.33. The van der Waals surface area contributed by atoms with Crippen molar-refractivity contribution < 1.29 is 14.3 Å². The Balaban J connectivity index is 1.46. The molecule has 262 valence electrons. The number of piperazine rings is 1. The minimum absolute atomic E-state index is 0.0126. The van der Waals surface area contributed by atoms with Gasteiger partial charge in [-0.3, -0.25) is 28.9 Å². The van der Waals surface area contributed by atoms with E-state index in [1.54, 1.807) is 29.1 Å². The SMILES string of the molecule is CC(C)(C)OC(=O)CN1CCN2c3cccc(c3)C(n3cnc(-c4cc(Cl)ccc4N(N)/C=C(\N)Cl)cc3=O)CCCCCNC(=O)C2C1. The van der Waals surface area contributed by atoms with E-state index < -0.39 is 11.6 Å². The van der Waals surface area contributed by atoms with E-state index in [4.69, 9.17) is 44.5 Å². The number of carbonyl (C=O) groups is 2. The summed E-state index contributed by atoms with van der Waals surface area (Å²) >= 11 is 12.2. The molecular formula is C35H44Cl2N8O4. The Morgan fingerprint density at radius 1 is 1.10 bits per heavy atom.